The summed E-state index contributed by atoms with van der Waals surface area (Å²) < 4.78 is 6.24. The van der Waals surface area contributed by atoms with Gasteiger partial charge < -0.3 is 4.42 Å². The van der Waals surface area contributed by atoms with Crippen LogP contribution in [0, 0.1) is 0 Å². The maximum atomic E-state index is 6.24. The van der Waals surface area contributed by atoms with Crippen LogP contribution >= 0.6 is 0 Å². The molecule has 10 rings (SSSR count). The minimum atomic E-state index is -0.0749. The number of rotatable bonds is 3. The van der Waals surface area contributed by atoms with E-state index in [1.54, 1.807) is 0 Å². The van der Waals surface area contributed by atoms with E-state index in [1.165, 1.54) is 38.4 Å². The van der Waals surface area contributed by atoms with Gasteiger partial charge >= 0.3 is 0 Å². The lowest BCUT2D eigenvalue weighted by Gasteiger charge is -2.22. The van der Waals surface area contributed by atoms with Crippen LogP contribution in [0.15, 0.2) is 144 Å². The standard InChI is InChI=1S/C44H29N3O/c1-44(2)37-17-8-6-13-31(37)36-23-27-19-21-30-29(35(27)25-38(36)44)15-10-16-34(30)43-46-41(26-11-4-3-5-12-26)45-42(47-43)28-20-22-33-32-14-7-9-18-39(32)48-40(33)24-28/h3-25H,1-2H3. The van der Waals surface area contributed by atoms with Gasteiger partial charge in [0.2, 0.25) is 0 Å². The normalized spacial score (nSPS) is 13.4. The fourth-order valence-corrected chi connectivity index (χ4v) is 7.69. The molecule has 48 heavy (non-hydrogen) atoms. The molecule has 0 saturated carbocycles. The molecule has 0 amide bonds. The lowest BCUT2D eigenvalue weighted by molar-refractivity contribution is 0.661. The second kappa shape index (κ2) is 9.93. The van der Waals surface area contributed by atoms with Crippen LogP contribution < -0.4 is 0 Å². The molecule has 0 bridgehead atoms. The Morgan fingerprint density at radius 2 is 1.10 bits per heavy atom. The molecule has 0 unspecified atom stereocenters. The number of para-hydroxylation sites is 1. The Bertz CT molecular complexity index is 2760. The Hall–Kier alpha value is -6.13. The predicted molar refractivity (Wildman–Crippen MR) is 196 cm³/mol. The van der Waals surface area contributed by atoms with Crippen LogP contribution in [0.4, 0.5) is 0 Å². The predicted octanol–water partition coefficient (Wildman–Crippen LogP) is 11.4. The zero-order valence-electron chi connectivity index (χ0n) is 26.5. The van der Waals surface area contributed by atoms with Crippen LogP contribution in [-0.2, 0) is 5.41 Å². The second-order valence-electron chi connectivity index (χ2n) is 13.2. The van der Waals surface area contributed by atoms with E-state index in [2.05, 4.69) is 98.8 Å². The van der Waals surface area contributed by atoms with Crippen LogP contribution in [0.25, 0.3) is 88.8 Å². The fraction of sp³-hybridized carbons (Fsp3) is 0.0682. The summed E-state index contributed by atoms with van der Waals surface area (Å²) in [6.07, 6.45) is 0. The Morgan fingerprint density at radius 3 is 2.00 bits per heavy atom. The van der Waals surface area contributed by atoms with Crippen LogP contribution in [-0.4, -0.2) is 15.0 Å². The van der Waals surface area contributed by atoms with Gasteiger partial charge in [-0.05, 0) is 74.1 Å². The van der Waals surface area contributed by atoms with Crippen molar-refractivity contribution >= 4 is 43.5 Å². The maximum Gasteiger partial charge on any atom is 0.164 e. The molecule has 4 heteroatoms. The van der Waals surface area contributed by atoms with Crippen LogP contribution in [0.2, 0.25) is 0 Å². The summed E-state index contributed by atoms with van der Waals surface area (Å²) in [6.45, 7) is 4.67. The highest BCUT2D eigenvalue weighted by Gasteiger charge is 2.35. The molecule has 226 valence electrons. The van der Waals surface area contributed by atoms with Gasteiger partial charge in [-0.3, -0.25) is 0 Å². The quantitative estimate of drug-likeness (QED) is 0.186. The van der Waals surface area contributed by atoms with Gasteiger partial charge in [0, 0.05) is 32.9 Å². The first-order chi connectivity index (χ1) is 23.5. The molecular weight excluding hydrogens is 587 g/mol. The van der Waals surface area contributed by atoms with Crippen LogP contribution in [0.1, 0.15) is 25.0 Å². The van der Waals surface area contributed by atoms with E-state index in [9.17, 15) is 0 Å². The highest BCUT2D eigenvalue weighted by atomic mass is 16.3. The highest BCUT2D eigenvalue weighted by Crippen LogP contribution is 2.50. The van der Waals surface area contributed by atoms with E-state index < -0.39 is 0 Å². The number of fused-ring (bicyclic) bond motifs is 9. The van der Waals surface area contributed by atoms with Crippen molar-refractivity contribution in [2.75, 3.05) is 0 Å². The van der Waals surface area contributed by atoms with E-state index in [1.807, 2.05) is 54.6 Å². The third kappa shape index (κ3) is 3.93. The van der Waals surface area contributed by atoms with Crippen molar-refractivity contribution in [3.63, 3.8) is 0 Å². The van der Waals surface area contributed by atoms with E-state index in [4.69, 9.17) is 19.4 Å². The topological polar surface area (TPSA) is 51.8 Å². The molecule has 0 radical (unpaired) electrons. The van der Waals surface area contributed by atoms with Crippen molar-refractivity contribution in [3.8, 4) is 45.3 Å². The minimum absolute atomic E-state index is 0.0749. The number of hydrogen-bond donors (Lipinski definition) is 0. The summed E-state index contributed by atoms with van der Waals surface area (Å²) in [4.78, 5) is 15.2. The lowest BCUT2D eigenvalue weighted by Crippen LogP contribution is -2.14. The van der Waals surface area contributed by atoms with Gasteiger partial charge in [-0.1, -0.05) is 123 Å². The highest BCUT2D eigenvalue weighted by molar-refractivity contribution is 6.13. The second-order valence-corrected chi connectivity index (χ2v) is 13.2. The molecule has 1 aliphatic carbocycles. The van der Waals surface area contributed by atoms with Crippen molar-refractivity contribution in [2.45, 2.75) is 19.3 Å². The van der Waals surface area contributed by atoms with Crippen molar-refractivity contribution in [1.82, 2.24) is 15.0 Å². The van der Waals surface area contributed by atoms with Crippen molar-refractivity contribution < 1.29 is 4.42 Å². The molecule has 0 fully saturated rings. The Labute approximate surface area is 277 Å². The largest absolute Gasteiger partial charge is 0.456 e. The molecule has 1 aliphatic rings. The molecule has 2 aromatic heterocycles. The molecule has 0 atom stereocenters. The monoisotopic (exact) mass is 615 g/mol. The van der Waals surface area contributed by atoms with E-state index in [0.29, 0.717) is 17.5 Å². The van der Waals surface area contributed by atoms with Gasteiger partial charge in [-0.15, -0.1) is 0 Å². The van der Waals surface area contributed by atoms with Crippen molar-refractivity contribution in [1.29, 1.82) is 0 Å². The van der Waals surface area contributed by atoms with Gasteiger partial charge in [0.25, 0.3) is 0 Å². The number of hydrogen-bond acceptors (Lipinski definition) is 4. The summed E-state index contributed by atoms with van der Waals surface area (Å²) in [7, 11) is 0. The first-order valence-corrected chi connectivity index (χ1v) is 16.4. The summed E-state index contributed by atoms with van der Waals surface area (Å²) >= 11 is 0. The summed E-state index contributed by atoms with van der Waals surface area (Å²) in [5, 5.41) is 6.94. The van der Waals surface area contributed by atoms with E-state index in [-0.39, 0.29) is 5.41 Å². The molecule has 7 aromatic carbocycles. The number of nitrogens with zero attached hydrogens (tertiary/aromatic N) is 3. The molecule has 0 saturated heterocycles. The first-order valence-electron chi connectivity index (χ1n) is 16.4. The Morgan fingerprint density at radius 1 is 0.417 bits per heavy atom. The average molecular weight is 616 g/mol. The number of aromatic nitrogens is 3. The van der Waals surface area contributed by atoms with Gasteiger partial charge in [-0.2, -0.15) is 0 Å². The third-order valence-electron chi connectivity index (χ3n) is 10.1. The molecule has 9 aromatic rings. The van der Waals surface area contributed by atoms with Crippen LogP contribution in [0.5, 0.6) is 0 Å². The molecule has 4 nitrogen and oxygen atoms in total. The molecule has 0 spiro atoms. The number of furan rings is 1. The SMILES string of the molecule is CC1(C)c2ccccc2-c2cc3ccc4c(-c5nc(-c6ccccc6)nc(-c6ccc7c(c6)oc6ccccc67)n5)cccc4c3cc21. The Balaban J connectivity index is 1.18. The van der Waals surface area contributed by atoms with Crippen molar-refractivity contribution in [3.05, 3.63) is 151 Å². The van der Waals surface area contributed by atoms with Crippen molar-refractivity contribution in [2.24, 2.45) is 0 Å². The lowest BCUT2D eigenvalue weighted by atomic mass is 9.81. The molecule has 2 heterocycles. The zero-order chi connectivity index (χ0) is 32.0. The summed E-state index contributed by atoms with van der Waals surface area (Å²) in [5.41, 5.74) is 9.81. The van der Waals surface area contributed by atoms with E-state index in [0.717, 1.165) is 44.0 Å². The van der Waals surface area contributed by atoms with Gasteiger partial charge in [0.1, 0.15) is 11.2 Å². The minimum Gasteiger partial charge on any atom is -0.456 e. The van der Waals surface area contributed by atoms with Gasteiger partial charge in [0.15, 0.2) is 17.5 Å². The molecule has 0 N–H and O–H groups in total. The smallest absolute Gasteiger partial charge is 0.164 e. The summed E-state index contributed by atoms with van der Waals surface area (Å²) in [6, 6.07) is 49.0. The van der Waals surface area contributed by atoms with E-state index >= 15 is 0 Å². The third-order valence-corrected chi connectivity index (χ3v) is 10.1. The van der Waals surface area contributed by atoms with Gasteiger partial charge in [0.05, 0.1) is 0 Å². The average Bonchev–Trinajstić information content (AvgIpc) is 3.62. The maximum absolute atomic E-state index is 6.24. The van der Waals surface area contributed by atoms with Gasteiger partial charge in [-0.25, -0.2) is 15.0 Å². The zero-order valence-corrected chi connectivity index (χ0v) is 26.5. The number of benzene rings is 7. The molecular formula is C44H29N3O. The summed E-state index contributed by atoms with van der Waals surface area (Å²) in [5.74, 6) is 1.88. The molecule has 0 aliphatic heterocycles. The van der Waals surface area contributed by atoms with Crippen LogP contribution in [0.3, 0.4) is 0 Å². The first kappa shape index (κ1) is 27.0. The fourth-order valence-electron chi connectivity index (χ4n) is 7.69. The Kier molecular flexibility index (Phi) is 5.59.